The normalized spacial score (nSPS) is 11.5. The van der Waals surface area contributed by atoms with E-state index in [4.69, 9.17) is 0 Å². The summed E-state index contributed by atoms with van der Waals surface area (Å²) in [5.74, 6) is 0. The zero-order valence-corrected chi connectivity index (χ0v) is 12.9. The Labute approximate surface area is 136 Å². The van der Waals surface area contributed by atoms with Gasteiger partial charge >= 0.3 is 0 Å². The van der Waals surface area contributed by atoms with E-state index in [1.807, 2.05) is 30.7 Å². The average molecular weight is 313 g/mol. The van der Waals surface area contributed by atoms with E-state index in [0.29, 0.717) is 0 Å². The molecule has 4 heteroatoms. The molecule has 0 amide bonds. The third kappa shape index (κ3) is 1.85. The number of fused-ring (bicyclic) bond motifs is 4. The van der Waals surface area contributed by atoms with Gasteiger partial charge in [-0.05, 0) is 29.7 Å². The lowest BCUT2D eigenvalue weighted by molar-refractivity contribution is 1.28. The van der Waals surface area contributed by atoms with Crippen LogP contribution in [0.2, 0.25) is 0 Å². The highest BCUT2D eigenvalue weighted by atomic mass is 32.1. The van der Waals surface area contributed by atoms with Crippen LogP contribution in [0.3, 0.4) is 0 Å². The summed E-state index contributed by atoms with van der Waals surface area (Å²) in [5.41, 5.74) is 1.83. The van der Waals surface area contributed by atoms with E-state index in [0.717, 1.165) is 22.2 Å². The van der Waals surface area contributed by atoms with Crippen LogP contribution in [0.25, 0.3) is 42.3 Å². The first-order valence-corrected chi connectivity index (χ1v) is 8.19. The van der Waals surface area contributed by atoms with Gasteiger partial charge in [0.2, 0.25) is 0 Å². The Morgan fingerprint density at radius 1 is 0.696 bits per heavy atom. The van der Waals surface area contributed by atoms with Gasteiger partial charge in [0.05, 0.1) is 10.4 Å². The molecule has 5 rings (SSSR count). The number of pyridine rings is 3. The second kappa shape index (κ2) is 4.83. The van der Waals surface area contributed by atoms with Crippen molar-refractivity contribution in [1.82, 2.24) is 15.0 Å². The molecule has 0 aliphatic heterocycles. The molecule has 0 spiro atoms. The van der Waals surface area contributed by atoms with Gasteiger partial charge < -0.3 is 0 Å². The molecule has 0 aliphatic rings. The van der Waals surface area contributed by atoms with E-state index in [-0.39, 0.29) is 0 Å². The maximum atomic E-state index is 4.64. The minimum absolute atomic E-state index is 0.896. The SMILES string of the molecule is c1ccc2c(c1)sc1c(-c3nccc4ccncc34)nccc12. The number of hydrogen-bond acceptors (Lipinski definition) is 4. The molecule has 23 heavy (non-hydrogen) atoms. The van der Waals surface area contributed by atoms with E-state index < -0.39 is 0 Å². The monoisotopic (exact) mass is 313 g/mol. The molecule has 108 valence electrons. The van der Waals surface area contributed by atoms with Crippen molar-refractivity contribution in [3.05, 3.63) is 67.3 Å². The van der Waals surface area contributed by atoms with Crippen LogP contribution in [0.5, 0.6) is 0 Å². The molecule has 0 atom stereocenters. The predicted octanol–water partition coefficient (Wildman–Crippen LogP) is 5.06. The van der Waals surface area contributed by atoms with Crippen LogP contribution < -0.4 is 0 Å². The van der Waals surface area contributed by atoms with Gasteiger partial charge in [0.1, 0.15) is 5.69 Å². The van der Waals surface area contributed by atoms with Gasteiger partial charge in [-0.1, -0.05) is 18.2 Å². The largest absolute Gasteiger partial charge is 0.264 e. The first-order valence-electron chi connectivity index (χ1n) is 7.37. The van der Waals surface area contributed by atoms with Gasteiger partial charge in [0.25, 0.3) is 0 Å². The first kappa shape index (κ1) is 12.7. The molecule has 4 heterocycles. The molecule has 0 saturated carbocycles. The van der Waals surface area contributed by atoms with Crippen molar-refractivity contribution in [2.45, 2.75) is 0 Å². The predicted molar refractivity (Wildman–Crippen MR) is 95.7 cm³/mol. The van der Waals surface area contributed by atoms with Gasteiger partial charge in [-0.2, -0.15) is 0 Å². The van der Waals surface area contributed by atoms with Crippen LogP contribution in [0, 0.1) is 0 Å². The van der Waals surface area contributed by atoms with Crippen molar-refractivity contribution in [2.24, 2.45) is 0 Å². The lowest BCUT2D eigenvalue weighted by Gasteiger charge is -2.05. The fraction of sp³-hybridized carbons (Fsp3) is 0. The van der Waals surface area contributed by atoms with E-state index in [9.17, 15) is 0 Å². The molecule has 0 aliphatic carbocycles. The molecule has 0 N–H and O–H groups in total. The number of thiophene rings is 1. The van der Waals surface area contributed by atoms with Gasteiger partial charge in [-0.15, -0.1) is 11.3 Å². The van der Waals surface area contributed by atoms with E-state index in [2.05, 4.69) is 45.3 Å². The minimum atomic E-state index is 0.896. The Morgan fingerprint density at radius 2 is 1.52 bits per heavy atom. The summed E-state index contributed by atoms with van der Waals surface area (Å²) >= 11 is 1.77. The molecule has 3 nitrogen and oxygen atoms in total. The number of hydrogen-bond donors (Lipinski definition) is 0. The van der Waals surface area contributed by atoms with Gasteiger partial charge in [0.15, 0.2) is 0 Å². The highest BCUT2D eigenvalue weighted by molar-refractivity contribution is 7.26. The third-order valence-corrected chi connectivity index (χ3v) is 5.28. The Morgan fingerprint density at radius 3 is 2.52 bits per heavy atom. The second-order valence-corrected chi connectivity index (χ2v) is 6.44. The van der Waals surface area contributed by atoms with Crippen molar-refractivity contribution < 1.29 is 0 Å². The highest BCUT2D eigenvalue weighted by Gasteiger charge is 2.14. The van der Waals surface area contributed by atoms with Crippen molar-refractivity contribution in [3.63, 3.8) is 0 Å². The highest BCUT2D eigenvalue weighted by Crippen LogP contribution is 2.39. The van der Waals surface area contributed by atoms with Gasteiger partial charge in [-0.25, -0.2) is 0 Å². The summed E-state index contributed by atoms with van der Waals surface area (Å²) in [5, 5.41) is 4.67. The quantitative estimate of drug-likeness (QED) is 0.434. The number of nitrogens with zero attached hydrogens (tertiary/aromatic N) is 3. The van der Waals surface area contributed by atoms with E-state index in [1.165, 1.54) is 20.2 Å². The Balaban J connectivity index is 1.93. The van der Waals surface area contributed by atoms with Crippen LogP contribution in [0.1, 0.15) is 0 Å². The molecule has 0 bridgehead atoms. The van der Waals surface area contributed by atoms with Crippen LogP contribution in [-0.2, 0) is 0 Å². The molecule has 5 aromatic rings. The summed E-state index contributed by atoms with van der Waals surface area (Å²) in [4.78, 5) is 13.5. The fourth-order valence-electron chi connectivity index (χ4n) is 3.02. The molecule has 0 saturated heterocycles. The smallest absolute Gasteiger partial charge is 0.107 e. The molecular formula is C19H11N3S. The Kier molecular flexibility index (Phi) is 2.66. The Hall–Kier alpha value is -2.85. The molecule has 0 fully saturated rings. The zero-order chi connectivity index (χ0) is 15.2. The van der Waals surface area contributed by atoms with Crippen LogP contribution in [0.15, 0.2) is 67.3 Å². The third-order valence-electron chi connectivity index (χ3n) is 4.09. The molecular weight excluding hydrogens is 302 g/mol. The fourth-order valence-corrected chi connectivity index (χ4v) is 4.21. The van der Waals surface area contributed by atoms with Crippen molar-refractivity contribution in [1.29, 1.82) is 0 Å². The summed E-state index contributed by atoms with van der Waals surface area (Å²) in [6.07, 6.45) is 7.38. The van der Waals surface area contributed by atoms with Crippen molar-refractivity contribution >= 4 is 42.3 Å². The number of aromatic nitrogens is 3. The lowest BCUT2D eigenvalue weighted by atomic mass is 10.1. The number of benzene rings is 1. The summed E-state index contributed by atoms with van der Waals surface area (Å²) in [6.45, 7) is 0. The molecule has 0 radical (unpaired) electrons. The van der Waals surface area contributed by atoms with E-state index in [1.54, 1.807) is 17.5 Å². The van der Waals surface area contributed by atoms with Crippen LogP contribution >= 0.6 is 11.3 Å². The maximum absolute atomic E-state index is 4.64. The molecule has 1 aromatic carbocycles. The minimum Gasteiger partial charge on any atom is -0.264 e. The van der Waals surface area contributed by atoms with Crippen LogP contribution in [-0.4, -0.2) is 15.0 Å². The van der Waals surface area contributed by atoms with Crippen molar-refractivity contribution in [2.75, 3.05) is 0 Å². The van der Waals surface area contributed by atoms with E-state index >= 15 is 0 Å². The first-order chi connectivity index (χ1) is 11.4. The van der Waals surface area contributed by atoms with Crippen molar-refractivity contribution in [3.8, 4) is 11.4 Å². The van der Waals surface area contributed by atoms with Gasteiger partial charge in [0, 0.05) is 45.6 Å². The lowest BCUT2D eigenvalue weighted by Crippen LogP contribution is -1.89. The zero-order valence-electron chi connectivity index (χ0n) is 12.1. The number of rotatable bonds is 1. The standard InChI is InChI=1S/C19H11N3S/c1-2-4-16-13(3-1)14-7-10-22-18(19(14)23-16)17-15-11-20-8-5-12(15)6-9-21-17/h1-11H. The average Bonchev–Trinajstić information content (AvgIpc) is 3.00. The summed E-state index contributed by atoms with van der Waals surface area (Å²) in [6, 6.07) is 14.6. The summed E-state index contributed by atoms with van der Waals surface area (Å²) in [7, 11) is 0. The Bertz CT molecular complexity index is 1170. The van der Waals surface area contributed by atoms with Gasteiger partial charge in [-0.3, -0.25) is 15.0 Å². The second-order valence-electron chi connectivity index (χ2n) is 5.39. The molecule has 4 aromatic heterocycles. The molecule has 0 unspecified atom stereocenters. The van der Waals surface area contributed by atoms with Crippen LogP contribution in [0.4, 0.5) is 0 Å². The topological polar surface area (TPSA) is 38.7 Å². The summed E-state index contributed by atoms with van der Waals surface area (Å²) < 4.78 is 2.45. The maximum Gasteiger partial charge on any atom is 0.107 e.